The van der Waals surface area contributed by atoms with Gasteiger partial charge in [0.15, 0.2) is 0 Å². The second-order valence-corrected chi connectivity index (χ2v) is 3.11. The summed E-state index contributed by atoms with van der Waals surface area (Å²) in [5, 5.41) is 31.9. The lowest BCUT2D eigenvalue weighted by Crippen LogP contribution is -2.37. The summed E-state index contributed by atoms with van der Waals surface area (Å²) in [6.45, 7) is 0. The largest absolute Gasteiger partial charge is 0.394 e. The van der Waals surface area contributed by atoms with E-state index in [-0.39, 0.29) is 0 Å². The lowest BCUT2D eigenvalue weighted by Gasteiger charge is -2.15. The first-order valence-electron chi connectivity index (χ1n) is 2.25. The van der Waals surface area contributed by atoms with Crippen LogP contribution in [0, 0.1) is 0 Å². The van der Waals surface area contributed by atoms with Gasteiger partial charge in [-0.15, -0.1) is 0 Å². The van der Waals surface area contributed by atoms with Crippen LogP contribution in [0.25, 0.3) is 0 Å². The van der Waals surface area contributed by atoms with Gasteiger partial charge in [-0.3, -0.25) is 9.11 Å². The van der Waals surface area contributed by atoms with Gasteiger partial charge in [0.05, 0.1) is 0 Å². The van der Waals surface area contributed by atoms with Crippen LogP contribution < -0.4 is 0 Å². The fourth-order valence-electron chi connectivity index (χ4n) is 0. The molecule has 12 heavy (non-hydrogen) atoms. The average molecular weight is 224 g/mol. The summed E-state index contributed by atoms with van der Waals surface area (Å²) in [7, 11) is -3.06. The van der Waals surface area contributed by atoms with Gasteiger partial charge >= 0.3 is 16.4 Å². The molecule has 0 rings (SSSR count). The molecular weight excluding hydrogens is 215 g/mol. The van der Waals surface area contributed by atoms with Gasteiger partial charge in [-0.25, -0.2) is 0 Å². The molecule has 0 aliphatic heterocycles. The van der Waals surface area contributed by atoms with Crippen LogP contribution in [0.15, 0.2) is 0 Å². The fourth-order valence-corrected chi connectivity index (χ4v) is 0. The highest BCUT2D eigenvalue weighted by atomic mass is 32.3. The van der Waals surface area contributed by atoms with Crippen LogP contribution >= 0.6 is 9.24 Å². The molecule has 8 nitrogen and oxygen atoms in total. The van der Waals surface area contributed by atoms with Gasteiger partial charge in [-0.2, -0.15) is 8.42 Å². The van der Waals surface area contributed by atoms with E-state index >= 15 is 0 Å². The third kappa shape index (κ3) is 22.5. The monoisotopic (exact) mass is 224 g/mol. The summed E-state index contributed by atoms with van der Waals surface area (Å²) in [6.07, 6.45) is 0. The topological polar surface area (TPSA) is 156 Å². The quantitative estimate of drug-likeness (QED) is 0.158. The van der Waals surface area contributed by atoms with Gasteiger partial charge in [0, 0.05) is 0 Å². The van der Waals surface area contributed by atoms with Gasteiger partial charge in [0.25, 0.3) is 0 Å². The van der Waals surface area contributed by atoms with Crippen LogP contribution in [-0.4, -0.2) is 49.8 Å². The Bertz CT molecular complexity index is 192. The van der Waals surface area contributed by atoms with E-state index in [2.05, 4.69) is 0 Å². The van der Waals surface area contributed by atoms with E-state index in [0.29, 0.717) is 0 Å². The van der Waals surface area contributed by atoms with Gasteiger partial charge in [0.2, 0.25) is 0 Å². The van der Waals surface area contributed by atoms with Gasteiger partial charge in [-0.1, -0.05) is 9.24 Å². The minimum absolute atomic E-state index is 1.61. The molecule has 0 aliphatic rings. The van der Waals surface area contributed by atoms with Crippen LogP contribution in [0.2, 0.25) is 0 Å². The molecule has 0 saturated heterocycles. The van der Waals surface area contributed by atoms with Crippen LogP contribution in [0.3, 0.4) is 0 Å². The maximum Gasteiger partial charge on any atom is 0.394 e. The van der Waals surface area contributed by atoms with Crippen molar-refractivity contribution in [2.24, 2.45) is 0 Å². The summed E-state index contributed by atoms with van der Waals surface area (Å²) in [5.74, 6) is -4.60. The predicted octanol–water partition coefficient (Wildman–Crippen LogP) is -2.84. The summed E-state index contributed by atoms with van der Waals surface area (Å²) >= 11 is 0. The Morgan fingerprint density at radius 1 is 1.17 bits per heavy atom. The van der Waals surface area contributed by atoms with Crippen molar-refractivity contribution in [1.29, 1.82) is 0 Å². The van der Waals surface area contributed by atoms with Gasteiger partial charge in [0.1, 0.15) is 5.85 Å². The summed E-state index contributed by atoms with van der Waals surface area (Å²) < 4.78 is 31.6. The molecule has 76 valence electrons. The third-order valence-electron chi connectivity index (χ3n) is 0.397. The first-order valence-corrected chi connectivity index (χ1v) is 4.31. The smallest absolute Gasteiger partial charge is 0.381 e. The summed E-state index contributed by atoms with van der Waals surface area (Å²) in [4.78, 5) is 0. The maximum atomic E-state index is 8.74. The normalized spacial score (nSPS) is 14.6. The summed E-state index contributed by atoms with van der Waals surface area (Å²) in [5.41, 5.74) is 0. The minimum Gasteiger partial charge on any atom is -0.381 e. The first-order chi connectivity index (χ1) is 4.94. The van der Waals surface area contributed by atoms with Crippen LogP contribution in [0.1, 0.15) is 0 Å². The van der Waals surface area contributed by atoms with Crippen molar-refractivity contribution < 1.29 is 37.9 Å². The Hall–Kier alpha value is 0.140. The van der Waals surface area contributed by atoms with E-state index in [1.54, 1.807) is 9.24 Å². The highest BCUT2D eigenvalue weighted by Crippen LogP contribution is 2.06. The van der Waals surface area contributed by atoms with Crippen LogP contribution in [0.4, 0.5) is 0 Å². The SMILES string of the molecule is O=S(=O)(O)O.OC(P)C(O)(O)O. The highest BCUT2D eigenvalue weighted by molar-refractivity contribution is 7.79. The van der Waals surface area contributed by atoms with E-state index in [1.807, 2.05) is 0 Å². The number of hydrogen-bond acceptors (Lipinski definition) is 6. The number of hydrogen-bond donors (Lipinski definition) is 6. The molecule has 10 heteroatoms. The Labute approximate surface area is 70.2 Å². The Morgan fingerprint density at radius 3 is 1.25 bits per heavy atom. The number of aliphatic hydroxyl groups is 4. The molecule has 0 aromatic carbocycles. The standard InChI is InChI=1S/C2H7O4P.H2O4S/c3-1(7)2(4,5)6;1-5(2,3)4/h1,3-6H,7H2;(H2,1,2,3,4). The zero-order valence-corrected chi connectivity index (χ0v) is 7.53. The van der Waals surface area contributed by atoms with Crippen molar-refractivity contribution in [3.05, 3.63) is 0 Å². The molecule has 0 amide bonds. The van der Waals surface area contributed by atoms with E-state index in [4.69, 9.17) is 37.9 Å². The van der Waals surface area contributed by atoms with Gasteiger partial charge in [-0.05, 0) is 0 Å². The molecule has 0 fully saturated rings. The van der Waals surface area contributed by atoms with Crippen LogP contribution in [-0.2, 0) is 10.4 Å². The van der Waals surface area contributed by atoms with Crippen molar-refractivity contribution in [1.82, 2.24) is 0 Å². The van der Waals surface area contributed by atoms with Crippen molar-refractivity contribution in [3.63, 3.8) is 0 Å². The molecule has 6 N–H and O–H groups in total. The average Bonchev–Trinajstić information content (AvgIpc) is 1.55. The van der Waals surface area contributed by atoms with Crippen molar-refractivity contribution in [2.75, 3.05) is 0 Å². The van der Waals surface area contributed by atoms with E-state index < -0.39 is 22.2 Å². The first kappa shape index (κ1) is 14.7. The van der Waals surface area contributed by atoms with E-state index in [1.165, 1.54) is 0 Å². The van der Waals surface area contributed by atoms with E-state index in [9.17, 15) is 0 Å². The predicted molar refractivity (Wildman–Crippen MR) is 39.3 cm³/mol. The molecule has 0 aromatic rings. The molecule has 0 bridgehead atoms. The highest BCUT2D eigenvalue weighted by Gasteiger charge is 2.25. The summed E-state index contributed by atoms with van der Waals surface area (Å²) in [6, 6.07) is 0. The molecule has 2 atom stereocenters. The zero-order valence-electron chi connectivity index (χ0n) is 5.56. The fraction of sp³-hybridized carbons (Fsp3) is 1.00. The Morgan fingerprint density at radius 2 is 1.25 bits per heavy atom. The van der Waals surface area contributed by atoms with Crippen LogP contribution in [0.5, 0.6) is 0 Å². The second-order valence-electron chi connectivity index (χ2n) is 1.58. The number of rotatable bonds is 1. The molecule has 2 unspecified atom stereocenters. The molecule has 0 saturated carbocycles. The molecular formula is C2H9O8PS. The lowest BCUT2D eigenvalue weighted by molar-refractivity contribution is -0.335. The molecule has 0 aromatic heterocycles. The van der Waals surface area contributed by atoms with Crippen molar-refractivity contribution in [3.8, 4) is 0 Å². The maximum absolute atomic E-state index is 8.74. The van der Waals surface area contributed by atoms with Crippen molar-refractivity contribution in [2.45, 2.75) is 11.8 Å². The van der Waals surface area contributed by atoms with Crippen molar-refractivity contribution >= 4 is 19.6 Å². The molecule has 0 radical (unpaired) electrons. The number of aliphatic hydroxyl groups excluding tert-OH is 1. The third-order valence-corrected chi connectivity index (χ3v) is 0.844. The lowest BCUT2D eigenvalue weighted by atomic mass is 10.6. The second kappa shape index (κ2) is 5.00. The molecule has 0 heterocycles. The van der Waals surface area contributed by atoms with E-state index in [0.717, 1.165) is 0 Å². The molecule has 0 spiro atoms. The minimum atomic E-state index is -4.67. The zero-order chi connectivity index (χ0) is 10.6. The van der Waals surface area contributed by atoms with Gasteiger partial charge < -0.3 is 20.4 Å². The molecule has 0 aliphatic carbocycles. The Balaban J connectivity index is 0. The Kier molecular flexibility index (Phi) is 6.10.